The highest BCUT2D eigenvalue weighted by Crippen LogP contribution is 2.19. The SMILES string of the molecule is ClCc1nc(-c2ccnn2-c2ccccc2)no1. The highest BCUT2D eigenvalue weighted by Gasteiger charge is 2.13. The lowest BCUT2D eigenvalue weighted by atomic mass is 10.3. The number of aromatic nitrogens is 4. The van der Waals surface area contributed by atoms with Crippen molar-refractivity contribution in [3.05, 3.63) is 48.5 Å². The fourth-order valence-corrected chi connectivity index (χ4v) is 1.77. The molecule has 0 fully saturated rings. The number of hydrogen-bond donors (Lipinski definition) is 0. The van der Waals surface area contributed by atoms with Crippen LogP contribution in [0.2, 0.25) is 0 Å². The van der Waals surface area contributed by atoms with E-state index in [2.05, 4.69) is 15.2 Å². The molecule has 2 aromatic heterocycles. The van der Waals surface area contributed by atoms with Crippen LogP contribution in [0.25, 0.3) is 17.2 Å². The van der Waals surface area contributed by atoms with Crippen LogP contribution >= 0.6 is 11.6 Å². The number of alkyl halides is 1. The number of benzene rings is 1. The lowest BCUT2D eigenvalue weighted by Gasteiger charge is -2.03. The van der Waals surface area contributed by atoms with Gasteiger partial charge in [0.15, 0.2) is 0 Å². The zero-order chi connectivity index (χ0) is 12.4. The first kappa shape index (κ1) is 11.0. The van der Waals surface area contributed by atoms with Crippen molar-refractivity contribution in [2.45, 2.75) is 5.88 Å². The van der Waals surface area contributed by atoms with Gasteiger partial charge in [-0.3, -0.25) is 0 Å². The molecule has 2 heterocycles. The second-order valence-electron chi connectivity index (χ2n) is 3.61. The molecule has 0 amide bonds. The van der Waals surface area contributed by atoms with E-state index in [4.69, 9.17) is 16.1 Å². The maximum Gasteiger partial charge on any atom is 0.241 e. The second kappa shape index (κ2) is 4.62. The van der Waals surface area contributed by atoms with E-state index in [-0.39, 0.29) is 5.88 Å². The Balaban J connectivity index is 2.07. The predicted octanol–water partition coefficient (Wildman–Crippen LogP) is 2.66. The summed E-state index contributed by atoms with van der Waals surface area (Å²) in [6, 6.07) is 11.6. The van der Waals surface area contributed by atoms with Crippen molar-refractivity contribution in [3.63, 3.8) is 0 Å². The number of nitrogens with zero attached hydrogens (tertiary/aromatic N) is 4. The molecule has 0 aliphatic rings. The van der Waals surface area contributed by atoms with Gasteiger partial charge in [0.1, 0.15) is 11.6 Å². The quantitative estimate of drug-likeness (QED) is 0.680. The average molecular weight is 261 g/mol. The number of hydrogen-bond acceptors (Lipinski definition) is 4. The van der Waals surface area contributed by atoms with Crippen LogP contribution in [-0.4, -0.2) is 19.9 Å². The van der Waals surface area contributed by atoms with Crippen LogP contribution in [0, 0.1) is 0 Å². The molecular weight excluding hydrogens is 252 g/mol. The van der Waals surface area contributed by atoms with Gasteiger partial charge in [0.05, 0.1) is 11.9 Å². The molecular formula is C12H9ClN4O. The van der Waals surface area contributed by atoms with Gasteiger partial charge in [0.25, 0.3) is 0 Å². The monoisotopic (exact) mass is 260 g/mol. The van der Waals surface area contributed by atoms with Crippen LogP contribution in [0.5, 0.6) is 0 Å². The Morgan fingerprint density at radius 1 is 1.17 bits per heavy atom. The smallest absolute Gasteiger partial charge is 0.241 e. The molecule has 0 saturated carbocycles. The average Bonchev–Trinajstić information content (AvgIpc) is 3.08. The summed E-state index contributed by atoms with van der Waals surface area (Å²) in [6.07, 6.45) is 1.69. The molecule has 1 aromatic carbocycles. The molecule has 5 nitrogen and oxygen atoms in total. The summed E-state index contributed by atoms with van der Waals surface area (Å²) in [5, 5.41) is 8.14. The summed E-state index contributed by atoms with van der Waals surface area (Å²) in [5.74, 6) is 1.08. The van der Waals surface area contributed by atoms with Gasteiger partial charge < -0.3 is 4.52 Å². The summed E-state index contributed by atoms with van der Waals surface area (Å²) >= 11 is 5.64. The predicted molar refractivity (Wildman–Crippen MR) is 66.4 cm³/mol. The molecule has 0 radical (unpaired) electrons. The van der Waals surface area contributed by atoms with Crippen LogP contribution < -0.4 is 0 Å². The third-order valence-electron chi connectivity index (χ3n) is 2.45. The first-order chi connectivity index (χ1) is 8.88. The fraction of sp³-hybridized carbons (Fsp3) is 0.0833. The standard InChI is InChI=1S/C12H9ClN4O/c13-8-11-15-12(16-18-11)10-6-7-14-17(10)9-4-2-1-3-5-9/h1-7H,8H2. The molecule has 0 aliphatic carbocycles. The van der Waals surface area contributed by atoms with Crippen LogP contribution in [0.3, 0.4) is 0 Å². The van der Waals surface area contributed by atoms with Crippen molar-refractivity contribution >= 4 is 11.6 Å². The van der Waals surface area contributed by atoms with E-state index in [0.29, 0.717) is 11.7 Å². The Hall–Kier alpha value is -2.14. The summed E-state index contributed by atoms with van der Waals surface area (Å²) in [5.41, 5.74) is 1.70. The van der Waals surface area contributed by atoms with Crippen molar-refractivity contribution in [1.29, 1.82) is 0 Å². The second-order valence-corrected chi connectivity index (χ2v) is 3.88. The number of halogens is 1. The van der Waals surface area contributed by atoms with Gasteiger partial charge in [-0.25, -0.2) is 4.68 Å². The van der Waals surface area contributed by atoms with Gasteiger partial charge in [-0.1, -0.05) is 23.4 Å². The van der Waals surface area contributed by atoms with Crippen molar-refractivity contribution in [2.75, 3.05) is 0 Å². The van der Waals surface area contributed by atoms with Gasteiger partial charge in [-0.05, 0) is 18.2 Å². The normalized spacial score (nSPS) is 10.7. The summed E-state index contributed by atoms with van der Waals surface area (Å²) < 4.78 is 6.75. The maximum absolute atomic E-state index is 5.64. The van der Waals surface area contributed by atoms with E-state index in [1.54, 1.807) is 10.9 Å². The molecule has 6 heteroatoms. The van der Waals surface area contributed by atoms with E-state index in [0.717, 1.165) is 11.4 Å². The van der Waals surface area contributed by atoms with Gasteiger partial charge in [-0.2, -0.15) is 10.1 Å². The Morgan fingerprint density at radius 2 is 2.00 bits per heavy atom. The topological polar surface area (TPSA) is 56.7 Å². The van der Waals surface area contributed by atoms with Gasteiger partial charge in [0, 0.05) is 0 Å². The molecule has 0 bridgehead atoms. The Bertz CT molecular complexity index is 647. The first-order valence-corrected chi connectivity index (χ1v) is 5.90. The lowest BCUT2D eigenvalue weighted by molar-refractivity contribution is 0.390. The summed E-state index contributed by atoms with van der Waals surface area (Å²) in [7, 11) is 0. The molecule has 0 aliphatic heterocycles. The Labute approximate surface area is 108 Å². The van der Waals surface area contributed by atoms with Crippen LogP contribution in [0.15, 0.2) is 47.1 Å². The summed E-state index contributed by atoms with van der Waals surface area (Å²) in [4.78, 5) is 4.19. The molecule has 0 saturated heterocycles. The van der Waals surface area contributed by atoms with E-state index < -0.39 is 0 Å². The van der Waals surface area contributed by atoms with E-state index in [1.807, 2.05) is 36.4 Å². The summed E-state index contributed by atoms with van der Waals surface area (Å²) in [6.45, 7) is 0. The van der Waals surface area contributed by atoms with E-state index in [9.17, 15) is 0 Å². The van der Waals surface area contributed by atoms with Gasteiger partial charge in [0.2, 0.25) is 11.7 Å². The van der Waals surface area contributed by atoms with Gasteiger partial charge >= 0.3 is 0 Å². The minimum absolute atomic E-state index is 0.201. The number of rotatable bonds is 3. The van der Waals surface area contributed by atoms with Crippen molar-refractivity contribution in [2.24, 2.45) is 0 Å². The molecule has 0 N–H and O–H groups in total. The Kier molecular flexibility index (Phi) is 2.82. The van der Waals surface area contributed by atoms with E-state index in [1.165, 1.54) is 0 Å². The molecule has 0 unspecified atom stereocenters. The molecule has 3 rings (SSSR count). The lowest BCUT2D eigenvalue weighted by Crippen LogP contribution is -1.99. The van der Waals surface area contributed by atoms with Crippen LogP contribution in [-0.2, 0) is 5.88 Å². The molecule has 0 spiro atoms. The zero-order valence-electron chi connectivity index (χ0n) is 9.32. The third kappa shape index (κ3) is 1.89. The van der Waals surface area contributed by atoms with Crippen molar-refractivity contribution in [1.82, 2.24) is 19.9 Å². The molecule has 3 aromatic rings. The minimum Gasteiger partial charge on any atom is -0.338 e. The van der Waals surface area contributed by atoms with Crippen molar-refractivity contribution < 1.29 is 4.52 Å². The Morgan fingerprint density at radius 3 is 2.72 bits per heavy atom. The third-order valence-corrected chi connectivity index (χ3v) is 2.68. The number of para-hydroxylation sites is 1. The largest absolute Gasteiger partial charge is 0.338 e. The van der Waals surface area contributed by atoms with Crippen LogP contribution in [0.4, 0.5) is 0 Å². The van der Waals surface area contributed by atoms with Crippen LogP contribution in [0.1, 0.15) is 5.89 Å². The van der Waals surface area contributed by atoms with E-state index >= 15 is 0 Å². The minimum atomic E-state index is 0.201. The molecule has 18 heavy (non-hydrogen) atoms. The zero-order valence-corrected chi connectivity index (χ0v) is 10.1. The van der Waals surface area contributed by atoms with Gasteiger partial charge in [-0.15, -0.1) is 11.6 Å². The van der Waals surface area contributed by atoms with Crippen molar-refractivity contribution in [3.8, 4) is 17.2 Å². The first-order valence-electron chi connectivity index (χ1n) is 5.37. The fourth-order valence-electron chi connectivity index (χ4n) is 1.66. The molecule has 90 valence electrons. The highest BCUT2D eigenvalue weighted by atomic mass is 35.5. The maximum atomic E-state index is 5.64. The molecule has 0 atom stereocenters. The highest BCUT2D eigenvalue weighted by molar-refractivity contribution is 6.16.